The average molecular weight is 548 g/mol. The van der Waals surface area contributed by atoms with Gasteiger partial charge in [-0.2, -0.15) is 0 Å². The number of hydrogen-bond donors (Lipinski definition) is 3. The minimum absolute atomic E-state index is 0. The van der Waals surface area contributed by atoms with Crippen molar-refractivity contribution in [1.82, 2.24) is 20.2 Å². The molecule has 3 aromatic rings. The summed E-state index contributed by atoms with van der Waals surface area (Å²) in [6.45, 7) is 3.37. The lowest BCUT2D eigenvalue weighted by Crippen LogP contribution is -2.39. The molecule has 0 fully saturated rings. The number of para-hydroxylation sites is 2. The van der Waals surface area contributed by atoms with Crippen LogP contribution in [0.15, 0.2) is 47.5 Å². The van der Waals surface area contributed by atoms with Crippen molar-refractivity contribution in [3.8, 4) is 0 Å². The van der Waals surface area contributed by atoms with Crippen LogP contribution in [0.5, 0.6) is 0 Å². The van der Waals surface area contributed by atoms with Gasteiger partial charge >= 0.3 is 0 Å². The molecule has 0 radical (unpaired) electrons. The number of nitrogens with one attached hydrogen (secondary N) is 2. The van der Waals surface area contributed by atoms with Crippen molar-refractivity contribution >= 4 is 64.2 Å². The number of fused-ring (bicyclic) bond motifs is 1. The second kappa shape index (κ2) is 11.0. The monoisotopic (exact) mass is 547 g/mol. The largest absolute Gasteiger partial charge is 0.387 e. The number of aryl methyl sites for hydroxylation is 1. The number of aromatic nitrogens is 2. The molecule has 2 aromatic carbocycles. The van der Waals surface area contributed by atoms with E-state index in [2.05, 4.69) is 20.6 Å². The average Bonchev–Trinajstić information content (AvgIpc) is 2.99. The SMILES string of the molecule is CCNC(=NCc1nc2ccccc2n1C)NCC(O)c1cc(Cl)cc(Cl)c1.I. The third-order valence-corrected chi connectivity index (χ3v) is 4.77. The summed E-state index contributed by atoms with van der Waals surface area (Å²) >= 11 is 12.0. The maximum Gasteiger partial charge on any atom is 0.191 e. The summed E-state index contributed by atoms with van der Waals surface area (Å²) in [6, 6.07) is 13.0. The molecule has 3 N–H and O–H groups in total. The van der Waals surface area contributed by atoms with Crippen molar-refractivity contribution in [2.75, 3.05) is 13.1 Å². The molecule has 0 amide bonds. The minimum Gasteiger partial charge on any atom is -0.387 e. The Morgan fingerprint density at radius 3 is 2.52 bits per heavy atom. The Kier molecular flexibility index (Phi) is 9.01. The Morgan fingerprint density at radius 1 is 1.17 bits per heavy atom. The van der Waals surface area contributed by atoms with E-state index in [-0.39, 0.29) is 30.5 Å². The van der Waals surface area contributed by atoms with E-state index in [4.69, 9.17) is 23.2 Å². The highest BCUT2D eigenvalue weighted by atomic mass is 127. The van der Waals surface area contributed by atoms with Crippen molar-refractivity contribution in [2.45, 2.75) is 19.6 Å². The van der Waals surface area contributed by atoms with Crippen LogP contribution in [0.4, 0.5) is 0 Å². The van der Waals surface area contributed by atoms with Gasteiger partial charge in [-0.15, -0.1) is 24.0 Å². The highest BCUT2D eigenvalue weighted by Gasteiger charge is 2.11. The van der Waals surface area contributed by atoms with Gasteiger partial charge in [0.1, 0.15) is 12.4 Å². The number of hydrogen-bond acceptors (Lipinski definition) is 3. The number of nitrogens with zero attached hydrogens (tertiary/aromatic N) is 3. The zero-order chi connectivity index (χ0) is 20.1. The Hall–Kier alpha value is -1.55. The molecule has 1 unspecified atom stereocenters. The third kappa shape index (κ3) is 6.21. The zero-order valence-corrected chi connectivity index (χ0v) is 20.0. The van der Waals surface area contributed by atoms with Crippen LogP contribution in [0, 0.1) is 0 Å². The molecule has 0 aliphatic carbocycles. The number of aliphatic imine (C=N–C) groups is 1. The van der Waals surface area contributed by atoms with Gasteiger partial charge in [0.05, 0.1) is 17.1 Å². The van der Waals surface area contributed by atoms with E-state index in [1.165, 1.54) is 0 Å². The van der Waals surface area contributed by atoms with Gasteiger partial charge in [-0.05, 0) is 42.8 Å². The quantitative estimate of drug-likeness (QED) is 0.244. The van der Waals surface area contributed by atoms with Crippen molar-refractivity contribution in [2.24, 2.45) is 12.0 Å². The number of halogens is 3. The molecular weight excluding hydrogens is 524 g/mol. The molecule has 0 spiro atoms. The van der Waals surface area contributed by atoms with E-state index in [0.717, 1.165) is 16.9 Å². The molecular formula is C20H24Cl2IN5O. The molecule has 1 aromatic heterocycles. The van der Waals surface area contributed by atoms with Crippen LogP contribution in [0.1, 0.15) is 24.4 Å². The Morgan fingerprint density at radius 2 is 1.86 bits per heavy atom. The lowest BCUT2D eigenvalue weighted by Gasteiger charge is -2.16. The van der Waals surface area contributed by atoms with Gasteiger partial charge in [0.2, 0.25) is 0 Å². The van der Waals surface area contributed by atoms with Crippen molar-refractivity contribution in [3.05, 3.63) is 63.9 Å². The number of aliphatic hydroxyl groups is 1. The van der Waals surface area contributed by atoms with Gasteiger partial charge in [0, 0.05) is 30.2 Å². The van der Waals surface area contributed by atoms with E-state index < -0.39 is 6.10 Å². The molecule has 3 rings (SSSR count). The van der Waals surface area contributed by atoms with Crippen LogP contribution < -0.4 is 10.6 Å². The van der Waals surface area contributed by atoms with Crippen LogP contribution >= 0.6 is 47.2 Å². The van der Waals surface area contributed by atoms with E-state index in [9.17, 15) is 5.11 Å². The Balaban J connectivity index is 0.00000300. The highest BCUT2D eigenvalue weighted by molar-refractivity contribution is 14.0. The molecule has 0 saturated heterocycles. The van der Waals surface area contributed by atoms with E-state index in [0.29, 0.717) is 34.7 Å². The van der Waals surface area contributed by atoms with Crippen molar-refractivity contribution in [1.29, 1.82) is 0 Å². The number of rotatable bonds is 6. The first kappa shape index (κ1) is 23.7. The van der Waals surface area contributed by atoms with Gasteiger partial charge < -0.3 is 20.3 Å². The molecule has 0 aliphatic heterocycles. The van der Waals surface area contributed by atoms with E-state index >= 15 is 0 Å². The van der Waals surface area contributed by atoms with Gasteiger partial charge in [0.25, 0.3) is 0 Å². The van der Waals surface area contributed by atoms with Gasteiger partial charge in [-0.1, -0.05) is 35.3 Å². The second-order valence-electron chi connectivity index (χ2n) is 6.37. The van der Waals surface area contributed by atoms with E-state index in [1.807, 2.05) is 42.8 Å². The molecule has 6 nitrogen and oxygen atoms in total. The molecule has 0 aliphatic rings. The summed E-state index contributed by atoms with van der Waals surface area (Å²) in [5, 5.41) is 17.7. The standard InChI is InChI=1S/C20H23Cl2N5O.HI/c1-3-23-20(24-11-18(28)13-8-14(21)10-15(22)9-13)25-12-19-26-16-6-4-5-7-17(16)27(19)2;/h4-10,18,28H,3,11-12H2,1-2H3,(H2,23,24,25);1H. The third-order valence-electron chi connectivity index (χ3n) is 4.34. The van der Waals surface area contributed by atoms with E-state index in [1.54, 1.807) is 18.2 Å². The number of imidazole rings is 1. The van der Waals surface area contributed by atoms with Crippen LogP contribution in [-0.2, 0) is 13.6 Å². The predicted molar refractivity (Wildman–Crippen MR) is 130 cm³/mol. The maximum atomic E-state index is 10.4. The topological polar surface area (TPSA) is 74.5 Å². The lowest BCUT2D eigenvalue weighted by atomic mass is 10.1. The van der Waals surface area contributed by atoms with Crippen LogP contribution in [-0.4, -0.2) is 33.7 Å². The molecule has 29 heavy (non-hydrogen) atoms. The smallest absolute Gasteiger partial charge is 0.191 e. The maximum absolute atomic E-state index is 10.4. The molecule has 156 valence electrons. The summed E-state index contributed by atoms with van der Waals surface area (Å²) in [6.07, 6.45) is -0.768. The fourth-order valence-electron chi connectivity index (χ4n) is 2.91. The second-order valence-corrected chi connectivity index (χ2v) is 7.24. The van der Waals surface area contributed by atoms with Crippen molar-refractivity contribution in [3.63, 3.8) is 0 Å². The zero-order valence-electron chi connectivity index (χ0n) is 16.2. The molecule has 9 heteroatoms. The lowest BCUT2D eigenvalue weighted by molar-refractivity contribution is 0.181. The molecule has 0 bridgehead atoms. The van der Waals surface area contributed by atoms with Crippen LogP contribution in [0.2, 0.25) is 10.0 Å². The highest BCUT2D eigenvalue weighted by Crippen LogP contribution is 2.23. The number of aliphatic hydroxyl groups excluding tert-OH is 1. The summed E-state index contributed by atoms with van der Waals surface area (Å²) in [7, 11) is 1.98. The summed E-state index contributed by atoms with van der Waals surface area (Å²) in [4.78, 5) is 9.22. The fourth-order valence-corrected chi connectivity index (χ4v) is 3.45. The molecule has 0 saturated carbocycles. The summed E-state index contributed by atoms with van der Waals surface area (Å²) in [5.41, 5.74) is 2.66. The number of benzene rings is 2. The first-order chi connectivity index (χ1) is 13.5. The fraction of sp³-hybridized carbons (Fsp3) is 0.300. The van der Waals surface area contributed by atoms with Gasteiger partial charge in [0.15, 0.2) is 5.96 Å². The predicted octanol–water partition coefficient (Wildman–Crippen LogP) is 4.29. The van der Waals surface area contributed by atoms with Crippen LogP contribution in [0.25, 0.3) is 11.0 Å². The first-order valence-corrected chi connectivity index (χ1v) is 9.80. The normalized spacial score (nSPS) is 12.5. The minimum atomic E-state index is -0.768. The first-order valence-electron chi connectivity index (χ1n) is 9.04. The van der Waals surface area contributed by atoms with Gasteiger partial charge in [-0.25, -0.2) is 9.98 Å². The summed E-state index contributed by atoms with van der Waals surface area (Å²) in [5.74, 6) is 1.46. The Labute approximate surface area is 197 Å². The van der Waals surface area contributed by atoms with Gasteiger partial charge in [-0.3, -0.25) is 0 Å². The number of guanidine groups is 1. The van der Waals surface area contributed by atoms with Crippen molar-refractivity contribution < 1.29 is 5.11 Å². The Bertz CT molecular complexity index is 972. The molecule has 1 atom stereocenters. The summed E-state index contributed by atoms with van der Waals surface area (Å²) < 4.78 is 2.03. The van der Waals surface area contributed by atoms with Crippen LogP contribution in [0.3, 0.4) is 0 Å². The molecule has 1 heterocycles.